The van der Waals surface area contributed by atoms with E-state index < -0.39 is 0 Å². The molecule has 0 aliphatic carbocycles. The minimum absolute atomic E-state index is 0.204. The van der Waals surface area contributed by atoms with Gasteiger partial charge in [-0.25, -0.2) is 0 Å². The second-order valence-corrected chi connectivity index (χ2v) is 6.68. The third-order valence-corrected chi connectivity index (χ3v) is 4.57. The van der Waals surface area contributed by atoms with Crippen molar-refractivity contribution in [1.82, 2.24) is 4.90 Å². The zero-order valence-corrected chi connectivity index (χ0v) is 11.5. The van der Waals surface area contributed by atoms with Gasteiger partial charge in [-0.1, -0.05) is 0 Å². The molecule has 2 unspecified atom stereocenters. The summed E-state index contributed by atoms with van der Waals surface area (Å²) in [5.41, 5.74) is 7.89. The maximum atomic E-state index is 6.29. The normalized spacial score (nSPS) is 27.6. The fourth-order valence-electron chi connectivity index (χ4n) is 2.59. The van der Waals surface area contributed by atoms with Crippen LogP contribution in [0, 0.1) is 6.92 Å². The highest BCUT2D eigenvalue weighted by Gasteiger charge is 2.39. The zero-order valence-electron chi connectivity index (χ0n) is 10.7. The summed E-state index contributed by atoms with van der Waals surface area (Å²) in [4.78, 5) is 4.01. The Bertz CT molecular complexity index is 364. The van der Waals surface area contributed by atoms with Gasteiger partial charge in [-0.15, -0.1) is 11.3 Å². The van der Waals surface area contributed by atoms with Gasteiger partial charge in [-0.2, -0.15) is 0 Å². The molecule has 0 spiro atoms. The van der Waals surface area contributed by atoms with Crippen LogP contribution in [0.5, 0.6) is 0 Å². The summed E-state index contributed by atoms with van der Waals surface area (Å²) in [6.07, 6.45) is 1.11. The van der Waals surface area contributed by atoms with Crippen molar-refractivity contribution in [2.45, 2.75) is 51.7 Å². The second kappa shape index (κ2) is 4.13. The predicted molar refractivity (Wildman–Crippen MR) is 70.8 cm³/mol. The molecule has 2 heterocycles. The van der Waals surface area contributed by atoms with Crippen LogP contribution >= 0.6 is 11.3 Å². The molecule has 0 aromatic carbocycles. The third kappa shape index (κ3) is 2.04. The first kappa shape index (κ1) is 12.1. The van der Waals surface area contributed by atoms with E-state index in [9.17, 15) is 0 Å². The summed E-state index contributed by atoms with van der Waals surface area (Å²) in [5.74, 6) is 0. The Morgan fingerprint density at radius 3 is 2.62 bits per heavy atom. The van der Waals surface area contributed by atoms with E-state index in [0.29, 0.717) is 6.04 Å². The van der Waals surface area contributed by atoms with E-state index >= 15 is 0 Å². The Morgan fingerprint density at radius 1 is 1.44 bits per heavy atom. The van der Waals surface area contributed by atoms with Crippen LogP contribution in [0.3, 0.4) is 0 Å². The number of hydrogen-bond donors (Lipinski definition) is 1. The molecular weight excluding hydrogens is 216 g/mol. The van der Waals surface area contributed by atoms with Crippen LogP contribution in [0.25, 0.3) is 0 Å². The molecule has 0 radical (unpaired) electrons. The fourth-order valence-corrected chi connectivity index (χ4v) is 3.71. The van der Waals surface area contributed by atoms with Gasteiger partial charge in [-0.05, 0) is 51.1 Å². The van der Waals surface area contributed by atoms with Gasteiger partial charge in [0.25, 0.3) is 0 Å². The van der Waals surface area contributed by atoms with Gasteiger partial charge < -0.3 is 5.73 Å². The van der Waals surface area contributed by atoms with Crippen molar-refractivity contribution in [3.63, 3.8) is 0 Å². The van der Waals surface area contributed by atoms with Gasteiger partial charge in [0.1, 0.15) is 0 Å². The summed E-state index contributed by atoms with van der Waals surface area (Å²) in [7, 11) is 0. The molecule has 2 rings (SSSR count). The van der Waals surface area contributed by atoms with E-state index in [2.05, 4.69) is 44.0 Å². The van der Waals surface area contributed by atoms with Crippen LogP contribution in [0.15, 0.2) is 11.4 Å². The molecule has 1 aliphatic heterocycles. The Morgan fingerprint density at radius 2 is 2.12 bits per heavy atom. The molecular formula is C13H22N2S. The highest BCUT2D eigenvalue weighted by molar-refractivity contribution is 7.10. The lowest BCUT2D eigenvalue weighted by molar-refractivity contribution is 0.118. The molecule has 90 valence electrons. The van der Waals surface area contributed by atoms with Crippen molar-refractivity contribution < 1.29 is 0 Å². The Hall–Kier alpha value is -0.380. The van der Waals surface area contributed by atoms with Crippen molar-refractivity contribution >= 4 is 11.3 Å². The van der Waals surface area contributed by atoms with Crippen molar-refractivity contribution in [3.8, 4) is 0 Å². The standard InChI is InChI=1S/C13H22N2S/c1-9-6-8-16-12(9)11-10(14)5-7-15(11)13(2,3)4/h6,8,10-11H,5,7,14H2,1-4H3. The molecule has 2 N–H and O–H groups in total. The van der Waals surface area contributed by atoms with E-state index in [1.54, 1.807) is 0 Å². The monoisotopic (exact) mass is 238 g/mol. The predicted octanol–water partition coefficient (Wildman–Crippen LogP) is 2.93. The maximum Gasteiger partial charge on any atom is 0.0600 e. The topological polar surface area (TPSA) is 29.3 Å². The van der Waals surface area contributed by atoms with Crippen LogP contribution < -0.4 is 5.73 Å². The molecule has 0 bridgehead atoms. The minimum Gasteiger partial charge on any atom is -0.326 e. The SMILES string of the molecule is Cc1ccsc1C1C(N)CCN1C(C)(C)C. The first-order chi connectivity index (χ1) is 7.41. The van der Waals surface area contributed by atoms with Crippen LogP contribution in [0.2, 0.25) is 0 Å². The quantitative estimate of drug-likeness (QED) is 0.815. The van der Waals surface area contributed by atoms with Crippen LogP contribution in [0.1, 0.15) is 43.7 Å². The summed E-state index contributed by atoms with van der Waals surface area (Å²) < 4.78 is 0. The summed E-state index contributed by atoms with van der Waals surface area (Å²) in [5, 5.41) is 2.18. The van der Waals surface area contributed by atoms with Crippen molar-refractivity contribution in [1.29, 1.82) is 0 Å². The van der Waals surface area contributed by atoms with Gasteiger partial charge in [0, 0.05) is 23.0 Å². The third-order valence-electron chi connectivity index (χ3n) is 3.48. The van der Waals surface area contributed by atoms with Crippen LogP contribution in [0.4, 0.5) is 0 Å². The smallest absolute Gasteiger partial charge is 0.0600 e. The Labute approximate surface area is 102 Å². The van der Waals surface area contributed by atoms with Gasteiger partial charge in [0.2, 0.25) is 0 Å². The van der Waals surface area contributed by atoms with E-state index in [-0.39, 0.29) is 11.6 Å². The summed E-state index contributed by atoms with van der Waals surface area (Å²) in [6, 6.07) is 2.91. The van der Waals surface area contributed by atoms with E-state index in [4.69, 9.17) is 5.73 Å². The number of rotatable bonds is 1. The molecule has 2 atom stereocenters. The lowest BCUT2D eigenvalue weighted by atomic mass is 10.0. The number of hydrogen-bond acceptors (Lipinski definition) is 3. The molecule has 1 aromatic heterocycles. The van der Waals surface area contributed by atoms with Gasteiger partial charge in [-0.3, -0.25) is 4.90 Å². The molecule has 1 aromatic rings. The van der Waals surface area contributed by atoms with Crippen molar-refractivity contribution in [3.05, 3.63) is 21.9 Å². The van der Waals surface area contributed by atoms with Crippen molar-refractivity contribution in [2.24, 2.45) is 5.73 Å². The molecule has 1 fully saturated rings. The number of aryl methyl sites for hydroxylation is 1. The summed E-state index contributed by atoms with van der Waals surface area (Å²) >= 11 is 1.85. The van der Waals surface area contributed by atoms with Crippen molar-refractivity contribution in [2.75, 3.05) is 6.54 Å². The first-order valence-electron chi connectivity index (χ1n) is 5.97. The lowest BCUT2D eigenvalue weighted by Gasteiger charge is -2.37. The summed E-state index contributed by atoms with van der Waals surface area (Å²) in [6.45, 7) is 10.1. The lowest BCUT2D eigenvalue weighted by Crippen LogP contribution is -2.43. The first-order valence-corrected chi connectivity index (χ1v) is 6.85. The number of nitrogens with zero attached hydrogens (tertiary/aromatic N) is 1. The van der Waals surface area contributed by atoms with E-state index in [1.807, 2.05) is 11.3 Å². The van der Waals surface area contributed by atoms with Crippen LogP contribution in [-0.4, -0.2) is 23.0 Å². The fraction of sp³-hybridized carbons (Fsp3) is 0.692. The molecule has 1 aliphatic rings. The molecule has 3 heteroatoms. The molecule has 1 saturated heterocycles. The Balaban J connectivity index is 2.34. The highest BCUT2D eigenvalue weighted by Crippen LogP contribution is 2.39. The maximum absolute atomic E-state index is 6.29. The second-order valence-electron chi connectivity index (χ2n) is 5.73. The average molecular weight is 238 g/mol. The van der Waals surface area contributed by atoms with Gasteiger partial charge in [0.05, 0.1) is 6.04 Å². The number of nitrogens with two attached hydrogens (primary N) is 1. The van der Waals surface area contributed by atoms with E-state index in [0.717, 1.165) is 13.0 Å². The molecule has 16 heavy (non-hydrogen) atoms. The molecule has 0 amide bonds. The van der Waals surface area contributed by atoms with Crippen LogP contribution in [-0.2, 0) is 0 Å². The Kier molecular flexibility index (Phi) is 3.12. The molecule has 0 saturated carbocycles. The largest absolute Gasteiger partial charge is 0.326 e. The number of likely N-dealkylation sites (tertiary alicyclic amines) is 1. The number of thiophene rings is 1. The highest BCUT2D eigenvalue weighted by atomic mass is 32.1. The zero-order chi connectivity index (χ0) is 11.9. The van der Waals surface area contributed by atoms with E-state index in [1.165, 1.54) is 10.4 Å². The molecule has 2 nitrogen and oxygen atoms in total. The van der Waals surface area contributed by atoms with Gasteiger partial charge >= 0.3 is 0 Å². The average Bonchev–Trinajstić information content (AvgIpc) is 2.70. The minimum atomic E-state index is 0.204. The van der Waals surface area contributed by atoms with Gasteiger partial charge in [0.15, 0.2) is 0 Å².